The zero-order valence-electron chi connectivity index (χ0n) is 11.5. The lowest BCUT2D eigenvalue weighted by molar-refractivity contribution is 0.178. The van der Waals surface area contributed by atoms with Crippen LogP contribution in [0.4, 0.5) is 11.6 Å². The predicted octanol–water partition coefficient (Wildman–Crippen LogP) is 2.50. The van der Waals surface area contributed by atoms with Crippen molar-refractivity contribution in [3.05, 3.63) is 46.7 Å². The molecule has 0 atom stereocenters. The Balaban J connectivity index is 2.20. The fraction of sp³-hybridized carbons (Fsp3) is 0.286. The normalized spacial score (nSPS) is 10.6. The minimum absolute atomic E-state index is 0.331. The summed E-state index contributed by atoms with van der Waals surface area (Å²) in [5, 5.41) is 0.735. The summed E-state index contributed by atoms with van der Waals surface area (Å²) in [6.07, 6.45) is 0. The molecule has 1 aromatic carbocycles. The first-order chi connectivity index (χ1) is 9.60. The van der Waals surface area contributed by atoms with Gasteiger partial charge in [0.1, 0.15) is 18.2 Å². The number of halogens is 1. The number of methoxy groups -OCH3 is 1. The molecule has 0 saturated carbocycles. The molecule has 0 aliphatic carbocycles. The molecule has 0 bridgehead atoms. The van der Waals surface area contributed by atoms with Gasteiger partial charge in [-0.25, -0.2) is 9.97 Å². The fourth-order valence-corrected chi connectivity index (χ4v) is 2.05. The maximum absolute atomic E-state index is 6.16. The van der Waals surface area contributed by atoms with E-state index < -0.39 is 0 Å². The third kappa shape index (κ3) is 3.59. The highest BCUT2D eigenvalue weighted by atomic mass is 35.5. The molecular weight excluding hydrogens is 276 g/mol. The minimum Gasteiger partial charge on any atom is -0.384 e. The van der Waals surface area contributed by atoms with Gasteiger partial charge in [0.05, 0.1) is 0 Å². The number of ether oxygens (including phenoxy) is 1. The lowest BCUT2D eigenvalue weighted by atomic mass is 10.2. The maximum atomic E-state index is 6.16. The van der Waals surface area contributed by atoms with Crippen molar-refractivity contribution in [3.8, 4) is 0 Å². The highest BCUT2D eigenvalue weighted by Gasteiger charge is 2.09. The van der Waals surface area contributed by atoms with E-state index in [2.05, 4.69) is 9.97 Å². The van der Waals surface area contributed by atoms with Gasteiger partial charge < -0.3 is 15.4 Å². The Labute approximate surface area is 123 Å². The molecule has 2 aromatic rings. The van der Waals surface area contributed by atoms with Gasteiger partial charge in [-0.1, -0.05) is 29.8 Å². The molecule has 6 heteroatoms. The predicted molar refractivity (Wildman–Crippen MR) is 80.7 cm³/mol. The van der Waals surface area contributed by atoms with E-state index in [0.29, 0.717) is 24.8 Å². The van der Waals surface area contributed by atoms with Gasteiger partial charge in [-0.15, -0.1) is 0 Å². The van der Waals surface area contributed by atoms with Gasteiger partial charge in [0, 0.05) is 31.8 Å². The zero-order chi connectivity index (χ0) is 14.5. The van der Waals surface area contributed by atoms with E-state index in [1.54, 1.807) is 13.2 Å². The van der Waals surface area contributed by atoms with Crippen molar-refractivity contribution in [2.24, 2.45) is 0 Å². The summed E-state index contributed by atoms with van der Waals surface area (Å²) < 4.78 is 5.03. The van der Waals surface area contributed by atoms with Crippen molar-refractivity contribution in [1.82, 2.24) is 9.97 Å². The summed E-state index contributed by atoms with van der Waals surface area (Å²) in [4.78, 5) is 10.5. The SMILES string of the molecule is COCc1nc(N)cc(N(C)Cc2ccccc2Cl)n1. The molecule has 0 radical (unpaired) electrons. The molecular formula is C14H17ClN4O. The number of aromatic nitrogens is 2. The number of hydrogen-bond acceptors (Lipinski definition) is 5. The molecule has 0 spiro atoms. The second kappa shape index (κ2) is 6.54. The van der Waals surface area contributed by atoms with Crippen LogP contribution in [0.1, 0.15) is 11.4 Å². The number of nitrogens with two attached hydrogens (primary N) is 1. The Hall–Kier alpha value is -1.85. The average Bonchev–Trinajstić information content (AvgIpc) is 2.41. The molecule has 0 amide bonds. The van der Waals surface area contributed by atoms with Crippen molar-refractivity contribution in [3.63, 3.8) is 0 Å². The molecule has 5 nitrogen and oxygen atoms in total. The Bertz CT molecular complexity index is 591. The van der Waals surface area contributed by atoms with Crippen LogP contribution in [-0.4, -0.2) is 24.1 Å². The summed E-state index contributed by atoms with van der Waals surface area (Å²) >= 11 is 6.16. The topological polar surface area (TPSA) is 64.3 Å². The van der Waals surface area contributed by atoms with Gasteiger partial charge in [0.15, 0.2) is 5.82 Å². The average molecular weight is 293 g/mol. The van der Waals surface area contributed by atoms with Gasteiger partial charge in [-0.2, -0.15) is 0 Å². The quantitative estimate of drug-likeness (QED) is 0.917. The van der Waals surface area contributed by atoms with Crippen molar-refractivity contribution in [1.29, 1.82) is 0 Å². The molecule has 0 fully saturated rings. The summed E-state index contributed by atoms with van der Waals surface area (Å²) in [6.45, 7) is 0.973. The summed E-state index contributed by atoms with van der Waals surface area (Å²) in [7, 11) is 3.53. The van der Waals surface area contributed by atoms with E-state index in [9.17, 15) is 0 Å². The first kappa shape index (κ1) is 14.6. The zero-order valence-corrected chi connectivity index (χ0v) is 12.3. The number of rotatable bonds is 5. The second-order valence-corrected chi connectivity index (χ2v) is 4.85. The fourth-order valence-electron chi connectivity index (χ4n) is 1.86. The Kier molecular flexibility index (Phi) is 4.76. The first-order valence-electron chi connectivity index (χ1n) is 6.17. The van der Waals surface area contributed by atoms with E-state index in [1.165, 1.54) is 0 Å². The molecule has 2 rings (SSSR count). The van der Waals surface area contributed by atoms with Gasteiger partial charge in [-0.05, 0) is 11.6 Å². The molecule has 1 aromatic heterocycles. The van der Waals surface area contributed by atoms with E-state index in [-0.39, 0.29) is 0 Å². The lowest BCUT2D eigenvalue weighted by Gasteiger charge is -2.19. The van der Waals surface area contributed by atoms with Crippen molar-refractivity contribution in [2.75, 3.05) is 24.8 Å². The number of nitrogens with zero attached hydrogens (tertiary/aromatic N) is 3. The number of anilines is 2. The van der Waals surface area contributed by atoms with E-state index in [1.807, 2.05) is 36.2 Å². The maximum Gasteiger partial charge on any atom is 0.158 e. The molecule has 0 aliphatic rings. The van der Waals surface area contributed by atoms with Crippen LogP contribution in [0.25, 0.3) is 0 Å². The van der Waals surface area contributed by atoms with Crippen LogP contribution in [0, 0.1) is 0 Å². The highest BCUT2D eigenvalue weighted by molar-refractivity contribution is 6.31. The third-order valence-corrected chi connectivity index (χ3v) is 3.18. The van der Waals surface area contributed by atoms with Crippen LogP contribution in [-0.2, 0) is 17.9 Å². The highest BCUT2D eigenvalue weighted by Crippen LogP contribution is 2.20. The number of benzene rings is 1. The van der Waals surface area contributed by atoms with Gasteiger partial charge >= 0.3 is 0 Å². The smallest absolute Gasteiger partial charge is 0.158 e. The lowest BCUT2D eigenvalue weighted by Crippen LogP contribution is -2.19. The standard InChI is InChI=1S/C14H17ClN4O/c1-19(8-10-5-3-4-6-11(10)15)14-7-12(16)17-13(18-14)9-20-2/h3-7H,8-9H2,1-2H3,(H2,16,17,18). The van der Waals surface area contributed by atoms with E-state index in [0.717, 1.165) is 16.4 Å². The van der Waals surface area contributed by atoms with Crippen molar-refractivity contribution >= 4 is 23.2 Å². The molecule has 2 N–H and O–H groups in total. The van der Waals surface area contributed by atoms with Crippen LogP contribution < -0.4 is 10.6 Å². The van der Waals surface area contributed by atoms with Crippen molar-refractivity contribution < 1.29 is 4.74 Å². The summed E-state index contributed by atoms with van der Waals surface area (Å²) in [5.74, 6) is 1.73. The van der Waals surface area contributed by atoms with Gasteiger partial charge in [0.2, 0.25) is 0 Å². The molecule has 0 aliphatic heterocycles. The second-order valence-electron chi connectivity index (χ2n) is 4.45. The number of nitrogen functional groups attached to an aromatic ring is 1. The molecule has 0 unspecified atom stereocenters. The summed E-state index contributed by atoms with van der Waals surface area (Å²) in [6, 6.07) is 9.45. The summed E-state index contributed by atoms with van der Waals surface area (Å²) in [5.41, 5.74) is 6.82. The minimum atomic E-state index is 0.331. The Morgan fingerprint density at radius 2 is 2.05 bits per heavy atom. The van der Waals surface area contributed by atoms with Gasteiger partial charge in [0.25, 0.3) is 0 Å². The number of hydrogen-bond donors (Lipinski definition) is 1. The molecule has 1 heterocycles. The van der Waals surface area contributed by atoms with Crippen LogP contribution >= 0.6 is 11.6 Å². The van der Waals surface area contributed by atoms with E-state index in [4.69, 9.17) is 22.1 Å². The molecule has 106 valence electrons. The van der Waals surface area contributed by atoms with Crippen LogP contribution in [0.2, 0.25) is 5.02 Å². The van der Waals surface area contributed by atoms with E-state index >= 15 is 0 Å². The van der Waals surface area contributed by atoms with Crippen molar-refractivity contribution in [2.45, 2.75) is 13.2 Å². The van der Waals surface area contributed by atoms with Crippen LogP contribution in [0.5, 0.6) is 0 Å². The first-order valence-corrected chi connectivity index (χ1v) is 6.55. The Morgan fingerprint density at radius 3 is 2.75 bits per heavy atom. The third-order valence-electron chi connectivity index (χ3n) is 2.81. The monoisotopic (exact) mass is 292 g/mol. The Morgan fingerprint density at radius 1 is 1.30 bits per heavy atom. The van der Waals surface area contributed by atoms with Crippen LogP contribution in [0.15, 0.2) is 30.3 Å². The largest absolute Gasteiger partial charge is 0.384 e. The molecule has 0 saturated heterocycles. The molecule has 20 heavy (non-hydrogen) atoms. The van der Waals surface area contributed by atoms with Gasteiger partial charge in [-0.3, -0.25) is 0 Å². The van der Waals surface area contributed by atoms with Crippen LogP contribution in [0.3, 0.4) is 0 Å².